The van der Waals surface area contributed by atoms with Gasteiger partial charge in [0.1, 0.15) is 23.2 Å². The van der Waals surface area contributed by atoms with E-state index in [2.05, 4.69) is 40.5 Å². The molecule has 1 heterocycles. The largest absolute Gasteiger partial charge is 0.456 e. The molecule has 0 spiro atoms. The van der Waals surface area contributed by atoms with E-state index in [9.17, 15) is 10.1 Å². The van der Waals surface area contributed by atoms with Gasteiger partial charge in [-0.2, -0.15) is 5.26 Å². The third-order valence-electron chi connectivity index (χ3n) is 5.24. The molecule has 1 amide bonds. The summed E-state index contributed by atoms with van der Waals surface area (Å²) < 4.78 is 5.98. The molecular formula is C25H27N3O3. The van der Waals surface area contributed by atoms with E-state index in [0.717, 1.165) is 22.0 Å². The first kappa shape index (κ1) is 22.1. The highest BCUT2D eigenvalue weighted by molar-refractivity contribution is 6.04. The highest BCUT2D eigenvalue weighted by atomic mass is 16.3. The van der Waals surface area contributed by atoms with Gasteiger partial charge in [-0.05, 0) is 53.9 Å². The molecule has 1 unspecified atom stereocenters. The lowest BCUT2D eigenvalue weighted by atomic mass is 10.0. The molecule has 0 aliphatic carbocycles. The number of hydrogen-bond acceptors (Lipinski definition) is 5. The SMILES string of the molecule is C/C(=C(/C#N)C(=O)NCC(C)CO)c1ccc(-c2ccc3cc(N(C)C)ccc3c2)o1. The predicted molar refractivity (Wildman–Crippen MR) is 123 cm³/mol. The van der Waals surface area contributed by atoms with Crippen molar-refractivity contribution >= 4 is 27.9 Å². The fourth-order valence-corrected chi connectivity index (χ4v) is 3.21. The summed E-state index contributed by atoms with van der Waals surface area (Å²) in [5.41, 5.74) is 2.53. The molecule has 1 aromatic heterocycles. The van der Waals surface area contributed by atoms with Gasteiger partial charge in [0.15, 0.2) is 0 Å². The first-order chi connectivity index (χ1) is 14.8. The Morgan fingerprint density at radius 3 is 2.55 bits per heavy atom. The van der Waals surface area contributed by atoms with Crippen LogP contribution in [0.25, 0.3) is 27.7 Å². The van der Waals surface area contributed by atoms with E-state index in [4.69, 9.17) is 9.52 Å². The van der Waals surface area contributed by atoms with Crippen molar-refractivity contribution in [1.82, 2.24) is 5.32 Å². The summed E-state index contributed by atoms with van der Waals surface area (Å²) in [6.45, 7) is 3.77. The zero-order valence-corrected chi connectivity index (χ0v) is 18.3. The first-order valence-electron chi connectivity index (χ1n) is 10.2. The fourth-order valence-electron chi connectivity index (χ4n) is 3.21. The second-order valence-corrected chi connectivity index (χ2v) is 7.91. The third kappa shape index (κ3) is 4.96. The molecule has 0 aliphatic rings. The van der Waals surface area contributed by atoms with Crippen LogP contribution in [-0.2, 0) is 4.79 Å². The Hall–Kier alpha value is -3.56. The molecule has 2 N–H and O–H groups in total. The molecule has 0 saturated carbocycles. The Labute approximate surface area is 182 Å². The minimum atomic E-state index is -0.472. The number of benzene rings is 2. The molecule has 2 aromatic carbocycles. The maximum absolute atomic E-state index is 12.4. The number of nitriles is 1. The van der Waals surface area contributed by atoms with Crippen LogP contribution in [0.2, 0.25) is 0 Å². The van der Waals surface area contributed by atoms with Gasteiger partial charge in [-0.25, -0.2) is 0 Å². The minimum Gasteiger partial charge on any atom is -0.456 e. The van der Waals surface area contributed by atoms with Crippen molar-refractivity contribution in [3.05, 3.63) is 59.9 Å². The van der Waals surface area contributed by atoms with Gasteiger partial charge in [-0.15, -0.1) is 0 Å². The number of carbonyl (C=O) groups excluding carboxylic acids is 1. The Morgan fingerprint density at radius 1 is 1.16 bits per heavy atom. The van der Waals surface area contributed by atoms with E-state index in [1.165, 1.54) is 0 Å². The van der Waals surface area contributed by atoms with Crippen LogP contribution in [0.3, 0.4) is 0 Å². The molecule has 6 nitrogen and oxygen atoms in total. The van der Waals surface area contributed by atoms with Gasteiger partial charge in [-0.1, -0.05) is 25.1 Å². The number of carbonyl (C=O) groups is 1. The van der Waals surface area contributed by atoms with Crippen LogP contribution in [0, 0.1) is 17.2 Å². The monoisotopic (exact) mass is 417 g/mol. The van der Waals surface area contributed by atoms with E-state index >= 15 is 0 Å². The van der Waals surface area contributed by atoms with E-state index in [-0.39, 0.29) is 18.1 Å². The second kappa shape index (κ2) is 9.50. The van der Waals surface area contributed by atoms with Crippen molar-refractivity contribution in [2.45, 2.75) is 13.8 Å². The van der Waals surface area contributed by atoms with Crippen molar-refractivity contribution < 1.29 is 14.3 Å². The number of nitrogens with zero attached hydrogens (tertiary/aromatic N) is 2. The van der Waals surface area contributed by atoms with Gasteiger partial charge in [-0.3, -0.25) is 4.79 Å². The lowest BCUT2D eigenvalue weighted by Crippen LogP contribution is -2.30. The van der Waals surface area contributed by atoms with E-state index in [0.29, 0.717) is 23.6 Å². The number of anilines is 1. The van der Waals surface area contributed by atoms with Crippen LogP contribution >= 0.6 is 0 Å². The molecule has 3 rings (SSSR count). The highest BCUT2D eigenvalue weighted by Crippen LogP contribution is 2.30. The van der Waals surface area contributed by atoms with Gasteiger partial charge < -0.3 is 19.7 Å². The predicted octanol–water partition coefficient (Wildman–Crippen LogP) is 4.21. The topological polar surface area (TPSA) is 89.5 Å². The van der Waals surface area contributed by atoms with Gasteiger partial charge >= 0.3 is 0 Å². The molecular weight excluding hydrogens is 390 g/mol. The summed E-state index contributed by atoms with van der Waals surface area (Å²) in [5.74, 6) is 0.585. The average molecular weight is 418 g/mol. The summed E-state index contributed by atoms with van der Waals surface area (Å²) in [6, 6.07) is 18.0. The molecule has 0 saturated heterocycles. The standard InChI is InChI=1S/C25H27N3O3/c1-16(15-29)14-27-25(30)22(13-26)17(2)23-9-10-24(31-23)20-6-5-19-12-21(28(3)4)8-7-18(19)11-20/h5-12,16,29H,14-15H2,1-4H3,(H,27,30)/b22-17+. The second-order valence-electron chi connectivity index (χ2n) is 7.91. The van der Waals surface area contributed by atoms with Crippen molar-refractivity contribution in [3.8, 4) is 17.4 Å². The Bertz CT molecular complexity index is 1170. The van der Waals surface area contributed by atoms with Crippen LogP contribution in [0.4, 0.5) is 5.69 Å². The quantitative estimate of drug-likeness (QED) is 0.444. The van der Waals surface area contributed by atoms with Crippen LogP contribution in [0.15, 0.2) is 58.5 Å². The van der Waals surface area contributed by atoms with Gasteiger partial charge in [0, 0.05) is 44.1 Å². The summed E-state index contributed by atoms with van der Waals surface area (Å²) in [5, 5.41) is 23.5. The average Bonchev–Trinajstić information content (AvgIpc) is 3.27. The summed E-state index contributed by atoms with van der Waals surface area (Å²) >= 11 is 0. The molecule has 3 aromatic rings. The molecule has 0 bridgehead atoms. The third-order valence-corrected chi connectivity index (χ3v) is 5.24. The first-order valence-corrected chi connectivity index (χ1v) is 10.2. The maximum Gasteiger partial charge on any atom is 0.262 e. The van der Waals surface area contributed by atoms with Crippen molar-refractivity contribution in [2.75, 3.05) is 32.1 Å². The number of nitrogens with one attached hydrogen (secondary N) is 1. The van der Waals surface area contributed by atoms with Crippen molar-refractivity contribution in [1.29, 1.82) is 5.26 Å². The fraction of sp³-hybridized carbons (Fsp3) is 0.280. The number of aliphatic hydroxyl groups is 1. The van der Waals surface area contributed by atoms with Crippen LogP contribution in [-0.4, -0.2) is 38.3 Å². The van der Waals surface area contributed by atoms with E-state index < -0.39 is 5.91 Å². The van der Waals surface area contributed by atoms with Gasteiger partial charge in [0.05, 0.1) is 0 Å². The molecule has 0 radical (unpaired) electrons. The number of furan rings is 1. The Morgan fingerprint density at radius 2 is 1.87 bits per heavy atom. The number of hydrogen-bond donors (Lipinski definition) is 2. The van der Waals surface area contributed by atoms with Crippen LogP contribution < -0.4 is 10.2 Å². The van der Waals surface area contributed by atoms with Crippen molar-refractivity contribution in [3.63, 3.8) is 0 Å². The molecule has 160 valence electrons. The minimum absolute atomic E-state index is 0.000709. The summed E-state index contributed by atoms with van der Waals surface area (Å²) in [6.07, 6.45) is 0. The number of amides is 1. The summed E-state index contributed by atoms with van der Waals surface area (Å²) in [7, 11) is 4.03. The molecule has 0 aliphatic heterocycles. The lowest BCUT2D eigenvalue weighted by Gasteiger charge is -2.13. The van der Waals surface area contributed by atoms with E-state index in [1.54, 1.807) is 13.0 Å². The van der Waals surface area contributed by atoms with Crippen LogP contribution in [0.1, 0.15) is 19.6 Å². The smallest absolute Gasteiger partial charge is 0.262 e. The zero-order valence-electron chi connectivity index (χ0n) is 18.3. The molecule has 0 fully saturated rings. The van der Waals surface area contributed by atoms with Gasteiger partial charge in [0.2, 0.25) is 0 Å². The number of allylic oxidation sites excluding steroid dienone is 1. The van der Waals surface area contributed by atoms with Crippen LogP contribution in [0.5, 0.6) is 0 Å². The van der Waals surface area contributed by atoms with E-state index in [1.807, 2.05) is 39.2 Å². The Kier molecular flexibility index (Phi) is 6.78. The van der Waals surface area contributed by atoms with Crippen molar-refractivity contribution in [2.24, 2.45) is 5.92 Å². The molecule has 6 heteroatoms. The molecule has 31 heavy (non-hydrogen) atoms. The zero-order chi connectivity index (χ0) is 22.5. The van der Waals surface area contributed by atoms with Gasteiger partial charge in [0.25, 0.3) is 5.91 Å². The highest BCUT2D eigenvalue weighted by Gasteiger charge is 2.17. The maximum atomic E-state index is 12.4. The number of aliphatic hydroxyl groups excluding tert-OH is 1. The lowest BCUT2D eigenvalue weighted by molar-refractivity contribution is -0.117. The number of rotatable bonds is 7. The number of fused-ring (bicyclic) bond motifs is 1. The summed E-state index contributed by atoms with van der Waals surface area (Å²) in [4.78, 5) is 14.5. The molecule has 1 atom stereocenters. The normalized spacial score (nSPS) is 12.8. The Balaban J connectivity index is 1.87.